The van der Waals surface area contributed by atoms with E-state index in [-0.39, 0.29) is 0 Å². The second-order valence-corrected chi connectivity index (χ2v) is 3.94. The maximum atomic E-state index is 5.99. The van der Waals surface area contributed by atoms with Crippen LogP contribution in [0.4, 0.5) is 0 Å². The average Bonchev–Trinajstić information content (AvgIpc) is 2.03. The van der Waals surface area contributed by atoms with Gasteiger partial charge in [-0.1, -0.05) is 37.6 Å². The molecule has 0 amide bonds. The number of hydrogen-bond donors (Lipinski definition) is 0. The standard InChI is InChI=1S/C11H15ClO/c1-8(2)7-9-5-4-6-10(12)11(9)13-3/h4-6,8H,7H2,1-3H3. The quantitative estimate of drug-likeness (QED) is 0.722. The molecular formula is C11H15ClO. The van der Waals surface area contributed by atoms with Crippen molar-refractivity contribution in [2.45, 2.75) is 20.3 Å². The molecule has 0 fully saturated rings. The topological polar surface area (TPSA) is 9.23 Å². The van der Waals surface area contributed by atoms with Crippen LogP contribution < -0.4 is 4.74 Å². The molecule has 0 unspecified atom stereocenters. The van der Waals surface area contributed by atoms with Gasteiger partial charge in [-0.3, -0.25) is 0 Å². The van der Waals surface area contributed by atoms with Crippen LogP contribution in [0.3, 0.4) is 0 Å². The van der Waals surface area contributed by atoms with E-state index >= 15 is 0 Å². The first kappa shape index (κ1) is 10.4. The molecule has 72 valence electrons. The highest BCUT2D eigenvalue weighted by molar-refractivity contribution is 6.32. The van der Waals surface area contributed by atoms with Crippen molar-refractivity contribution in [2.75, 3.05) is 7.11 Å². The van der Waals surface area contributed by atoms with Gasteiger partial charge in [0.25, 0.3) is 0 Å². The molecule has 1 aromatic carbocycles. The third-order valence-corrected chi connectivity index (χ3v) is 2.18. The van der Waals surface area contributed by atoms with E-state index in [0.717, 1.165) is 12.2 Å². The summed E-state index contributed by atoms with van der Waals surface area (Å²) >= 11 is 5.99. The van der Waals surface area contributed by atoms with E-state index in [1.807, 2.05) is 12.1 Å². The molecule has 0 spiro atoms. The number of rotatable bonds is 3. The molecule has 0 bridgehead atoms. The summed E-state index contributed by atoms with van der Waals surface area (Å²) in [7, 11) is 1.66. The van der Waals surface area contributed by atoms with Gasteiger partial charge in [0.15, 0.2) is 0 Å². The molecule has 0 heterocycles. The summed E-state index contributed by atoms with van der Waals surface area (Å²) in [5.74, 6) is 1.44. The minimum absolute atomic E-state index is 0.618. The van der Waals surface area contributed by atoms with Crippen LogP contribution in [0.1, 0.15) is 19.4 Å². The van der Waals surface area contributed by atoms with Crippen molar-refractivity contribution in [1.29, 1.82) is 0 Å². The number of benzene rings is 1. The zero-order valence-electron chi connectivity index (χ0n) is 8.30. The van der Waals surface area contributed by atoms with Crippen LogP contribution in [-0.2, 0) is 6.42 Å². The Hall–Kier alpha value is -0.690. The fourth-order valence-corrected chi connectivity index (χ4v) is 1.65. The predicted molar refractivity (Wildman–Crippen MR) is 56.5 cm³/mol. The molecule has 0 radical (unpaired) electrons. The van der Waals surface area contributed by atoms with Crippen LogP contribution in [-0.4, -0.2) is 7.11 Å². The van der Waals surface area contributed by atoms with Crippen molar-refractivity contribution in [3.63, 3.8) is 0 Å². The normalized spacial score (nSPS) is 10.5. The van der Waals surface area contributed by atoms with Gasteiger partial charge < -0.3 is 4.74 Å². The Morgan fingerprint density at radius 2 is 2.08 bits per heavy atom. The Balaban J connectivity index is 2.98. The van der Waals surface area contributed by atoms with E-state index in [2.05, 4.69) is 19.9 Å². The molecule has 0 N–H and O–H groups in total. The molecule has 0 saturated heterocycles. The molecule has 0 aliphatic carbocycles. The summed E-state index contributed by atoms with van der Waals surface area (Å²) in [5.41, 5.74) is 1.19. The SMILES string of the molecule is COc1c(Cl)cccc1CC(C)C. The van der Waals surface area contributed by atoms with Gasteiger partial charge in [0.05, 0.1) is 12.1 Å². The first-order valence-electron chi connectivity index (χ1n) is 4.46. The molecule has 0 atom stereocenters. The lowest BCUT2D eigenvalue weighted by Crippen LogP contribution is -1.97. The van der Waals surface area contributed by atoms with Crippen LogP contribution in [0.25, 0.3) is 0 Å². The third kappa shape index (κ3) is 2.63. The second kappa shape index (κ2) is 4.52. The van der Waals surface area contributed by atoms with Crippen molar-refractivity contribution in [3.8, 4) is 5.75 Å². The second-order valence-electron chi connectivity index (χ2n) is 3.53. The van der Waals surface area contributed by atoms with Crippen molar-refractivity contribution in [2.24, 2.45) is 5.92 Å². The predicted octanol–water partition coefficient (Wildman–Crippen LogP) is 3.55. The van der Waals surface area contributed by atoms with Crippen LogP contribution in [0.2, 0.25) is 5.02 Å². The lowest BCUT2D eigenvalue weighted by Gasteiger charge is -2.11. The summed E-state index contributed by atoms with van der Waals surface area (Å²) in [5, 5.41) is 0.695. The molecule has 13 heavy (non-hydrogen) atoms. The van der Waals surface area contributed by atoms with Gasteiger partial charge in [-0.15, -0.1) is 0 Å². The van der Waals surface area contributed by atoms with Crippen LogP contribution >= 0.6 is 11.6 Å². The maximum Gasteiger partial charge on any atom is 0.140 e. The van der Waals surface area contributed by atoms with Gasteiger partial charge in [0.2, 0.25) is 0 Å². The highest BCUT2D eigenvalue weighted by Crippen LogP contribution is 2.29. The molecule has 0 aliphatic heterocycles. The molecule has 0 aromatic heterocycles. The Kier molecular flexibility index (Phi) is 3.61. The largest absolute Gasteiger partial charge is 0.495 e. The fraction of sp³-hybridized carbons (Fsp3) is 0.455. The third-order valence-electron chi connectivity index (χ3n) is 1.88. The number of ether oxygens (including phenoxy) is 1. The first-order valence-corrected chi connectivity index (χ1v) is 4.84. The zero-order valence-corrected chi connectivity index (χ0v) is 9.06. The van der Waals surface area contributed by atoms with Gasteiger partial charge in [0, 0.05) is 0 Å². The van der Waals surface area contributed by atoms with E-state index in [0.29, 0.717) is 10.9 Å². The Bertz CT molecular complexity index is 281. The average molecular weight is 199 g/mol. The lowest BCUT2D eigenvalue weighted by atomic mass is 10.0. The summed E-state index contributed by atoms with van der Waals surface area (Å²) in [6.45, 7) is 4.36. The van der Waals surface area contributed by atoms with E-state index in [4.69, 9.17) is 16.3 Å². The van der Waals surface area contributed by atoms with E-state index < -0.39 is 0 Å². The van der Waals surface area contributed by atoms with Crippen LogP contribution in [0.5, 0.6) is 5.75 Å². The number of halogens is 1. The Morgan fingerprint density at radius 3 is 2.62 bits per heavy atom. The summed E-state index contributed by atoms with van der Waals surface area (Å²) in [6, 6.07) is 5.87. The van der Waals surface area contributed by atoms with Crippen molar-refractivity contribution >= 4 is 11.6 Å². The van der Waals surface area contributed by atoms with Crippen molar-refractivity contribution in [1.82, 2.24) is 0 Å². The highest BCUT2D eigenvalue weighted by atomic mass is 35.5. The van der Waals surface area contributed by atoms with E-state index in [1.54, 1.807) is 7.11 Å². The number of methoxy groups -OCH3 is 1. The number of hydrogen-bond acceptors (Lipinski definition) is 1. The smallest absolute Gasteiger partial charge is 0.140 e. The molecule has 1 rings (SSSR count). The Morgan fingerprint density at radius 1 is 1.38 bits per heavy atom. The summed E-state index contributed by atoms with van der Waals surface area (Å²) < 4.78 is 5.25. The molecule has 2 heteroatoms. The van der Waals surface area contributed by atoms with E-state index in [9.17, 15) is 0 Å². The van der Waals surface area contributed by atoms with Gasteiger partial charge in [-0.25, -0.2) is 0 Å². The molecule has 0 aliphatic rings. The first-order chi connectivity index (χ1) is 6.15. The molecule has 0 saturated carbocycles. The lowest BCUT2D eigenvalue weighted by molar-refractivity contribution is 0.407. The molecular weight excluding hydrogens is 184 g/mol. The van der Waals surface area contributed by atoms with Gasteiger partial charge in [-0.2, -0.15) is 0 Å². The van der Waals surface area contributed by atoms with E-state index in [1.165, 1.54) is 5.56 Å². The van der Waals surface area contributed by atoms with Crippen LogP contribution in [0.15, 0.2) is 18.2 Å². The highest BCUT2D eigenvalue weighted by Gasteiger charge is 2.07. The van der Waals surface area contributed by atoms with Crippen LogP contribution in [0, 0.1) is 5.92 Å². The minimum atomic E-state index is 0.618. The summed E-state index contributed by atoms with van der Waals surface area (Å²) in [4.78, 5) is 0. The number of para-hydroxylation sites is 1. The summed E-state index contributed by atoms with van der Waals surface area (Å²) in [6.07, 6.45) is 1.00. The van der Waals surface area contributed by atoms with Gasteiger partial charge >= 0.3 is 0 Å². The monoisotopic (exact) mass is 198 g/mol. The molecule has 1 nitrogen and oxygen atoms in total. The van der Waals surface area contributed by atoms with Crippen molar-refractivity contribution in [3.05, 3.63) is 28.8 Å². The maximum absolute atomic E-state index is 5.99. The molecule has 1 aromatic rings. The minimum Gasteiger partial charge on any atom is -0.495 e. The van der Waals surface area contributed by atoms with Crippen molar-refractivity contribution < 1.29 is 4.74 Å². The Labute approximate surface area is 84.7 Å². The van der Waals surface area contributed by atoms with Gasteiger partial charge in [0.1, 0.15) is 5.75 Å². The van der Waals surface area contributed by atoms with Gasteiger partial charge in [-0.05, 0) is 24.0 Å². The zero-order chi connectivity index (χ0) is 9.84. The fourth-order valence-electron chi connectivity index (χ4n) is 1.38.